The van der Waals surface area contributed by atoms with Gasteiger partial charge in [0.15, 0.2) is 4.80 Å². The van der Waals surface area contributed by atoms with Gasteiger partial charge in [0.05, 0.1) is 22.3 Å². The van der Waals surface area contributed by atoms with Crippen molar-refractivity contribution < 1.29 is 9.90 Å². The predicted molar refractivity (Wildman–Crippen MR) is 140 cm³/mol. The van der Waals surface area contributed by atoms with Crippen LogP contribution >= 0.6 is 22.9 Å². The summed E-state index contributed by atoms with van der Waals surface area (Å²) in [5, 5.41) is 13.3. The molecule has 2 heterocycles. The van der Waals surface area contributed by atoms with E-state index in [1.807, 2.05) is 71.0 Å². The van der Waals surface area contributed by atoms with Gasteiger partial charge >= 0.3 is 0 Å². The first-order valence-corrected chi connectivity index (χ1v) is 12.4. The van der Waals surface area contributed by atoms with Crippen molar-refractivity contribution in [2.24, 2.45) is 9.98 Å². The number of carbonyl (C=O) groups excluding carboxylic acids is 1. The molecule has 1 aromatic heterocycles. The number of carbonyl (C=O) groups is 1. The first kappa shape index (κ1) is 23.3. The first-order chi connectivity index (χ1) is 16.7. The maximum atomic E-state index is 13.1. The fraction of sp³-hybridized carbons (Fsp3) is 0.179. The van der Waals surface area contributed by atoms with Crippen LogP contribution in [0.25, 0.3) is 11.3 Å². The second-order valence-corrected chi connectivity index (χ2v) is 10.3. The van der Waals surface area contributed by atoms with E-state index in [9.17, 15) is 9.90 Å². The van der Waals surface area contributed by atoms with Gasteiger partial charge in [-0.1, -0.05) is 53.3 Å². The zero-order valence-corrected chi connectivity index (χ0v) is 21.7. The lowest BCUT2D eigenvalue weighted by Crippen LogP contribution is -2.26. The molecule has 5 nitrogen and oxygen atoms in total. The Labute approximate surface area is 212 Å². The normalized spacial score (nSPS) is 13.4. The van der Waals surface area contributed by atoms with Gasteiger partial charge in [-0.3, -0.25) is 9.36 Å². The second kappa shape index (κ2) is 8.63. The molecule has 3 aromatic carbocycles. The summed E-state index contributed by atoms with van der Waals surface area (Å²) in [6.45, 7) is 9.86. The Morgan fingerprint density at radius 1 is 0.943 bits per heavy atom. The van der Waals surface area contributed by atoms with Crippen molar-refractivity contribution >= 4 is 40.1 Å². The van der Waals surface area contributed by atoms with Gasteiger partial charge in [0.25, 0.3) is 5.91 Å². The SMILES string of the molecule is Cc1ccc(C)c(N=c2sc(C3=c4ccc(Cl)c(C)c4=NC3=O)c(O)n2-c2cc(C)ccc2C)c1. The highest BCUT2D eigenvalue weighted by atomic mass is 35.5. The van der Waals surface area contributed by atoms with Crippen LogP contribution in [-0.2, 0) is 4.79 Å². The molecule has 0 radical (unpaired) electrons. The summed E-state index contributed by atoms with van der Waals surface area (Å²) >= 11 is 7.55. The van der Waals surface area contributed by atoms with Crippen molar-refractivity contribution in [3.63, 3.8) is 0 Å². The summed E-state index contributed by atoms with van der Waals surface area (Å²) in [5.74, 6) is -0.430. The molecule has 0 spiro atoms. The lowest BCUT2D eigenvalue weighted by molar-refractivity contribution is -0.112. The molecule has 1 amide bonds. The van der Waals surface area contributed by atoms with E-state index in [1.165, 1.54) is 11.3 Å². The molecule has 0 fully saturated rings. The molecule has 1 N–H and O–H groups in total. The summed E-state index contributed by atoms with van der Waals surface area (Å²) in [5.41, 5.74) is 6.87. The highest BCUT2D eigenvalue weighted by Crippen LogP contribution is 2.33. The fourth-order valence-corrected chi connectivity index (χ4v) is 5.48. The topological polar surface area (TPSA) is 66.9 Å². The van der Waals surface area contributed by atoms with E-state index in [-0.39, 0.29) is 5.88 Å². The maximum absolute atomic E-state index is 13.1. The summed E-state index contributed by atoms with van der Waals surface area (Å²) in [6, 6.07) is 15.7. The Morgan fingerprint density at radius 3 is 2.37 bits per heavy atom. The third kappa shape index (κ3) is 3.93. The molecule has 0 atom stereocenters. The molecule has 1 aliphatic heterocycles. The Kier molecular flexibility index (Phi) is 5.74. The van der Waals surface area contributed by atoms with Gasteiger partial charge < -0.3 is 5.11 Å². The Bertz CT molecular complexity index is 1750. The second-order valence-electron chi connectivity index (χ2n) is 8.92. The molecule has 0 saturated carbocycles. The van der Waals surface area contributed by atoms with Crippen LogP contribution in [0.15, 0.2) is 58.5 Å². The number of aromatic nitrogens is 1. The third-order valence-corrected chi connectivity index (χ3v) is 7.73. The van der Waals surface area contributed by atoms with Gasteiger partial charge in [-0.2, -0.15) is 0 Å². The average molecular weight is 502 g/mol. The lowest BCUT2D eigenvalue weighted by atomic mass is 10.1. The van der Waals surface area contributed by atoms with E-state index < -0.39 is 5.91 Å². The Morgan fingerprint density at radius 2 is 1.63 bits per heavy atom. The molecule has 0 saturated heterocycles. The molecule has 0 bridgehead atoms. The van der Waals surface area contributed by atoms with Crippen molar-refractivity contribution in [1.29, 1.82) is 0 Å². The zero-order valence-electron chi connectivity index (χ0n) is 20.1. The van der Waals surface area contributed by atoms with Crippen LogP contribution in [0, 0.1) is 34.6 Å². The number of fused-ring (bicyclic) bond motifs is 1. The van der Waals surface area contributed by atoms with E-state index in [1.54, 1.807) is 16.7 Å². The van der Waals surface area contributed by atoms with Crippen LogP contribution in [0.5, 0.6) is 5.88 Å². The third-order valence-electron chi connectivity index (χ3n) is 6.27. The minimum Gasteiger partial charge on any atom is -0.493 e. The molecular formula is C28H24ClN3O2S. The van der Waals surface area contributed by atoms with Crippen LogP contribution in [0.3, 0.4) is 0 Å². The smallest absolute Gasteiger partial charge is 0.279 e. The van der Waals surface area contributed by atoms with Gasteiger partial charge in [-0.05, 0) is 80.6 Å². The molecule has 176 valence electrons. The summed E-state index contributed by atoms with van der Waals surface area (Å²) in [7, 11) is 0. The number of hydrogen-bond donors (Lipinski definition) is 1. The largest absolute Gasteiger partial charge is 0.493 e. The van der Waals surface area contributed by atoms with Crippen molar-refractivity contribution in [3.8, 4) is 11.6 Å². The summed E-state index contributed by atoms with van der Waals surface area (Å²) < 4.78 is 1.73. The molecule has 4 aromatic rings. The quantitative estimate of drug-likeness (QED) is 0.428. The number of halogens is 1. The highest BCUT2D eigenvalue weighted by Gasteiger charge is 2.27. The van der Waals surface area contributed by atoms with Crippen molar-refractivity contribution in [1.82, 2.24) is 4.57 Å². The van der Waals surface area contributed by atoms with E-state index in [0.29, 0.717) is 30.9 Å². The van der Waals surface area contributed by atoms with E-state index in [2.05, 4.69) is 4.99 Å². The van der Waals surface area contributed by atoms with E-state index >= 15 is 0 Å². The highest BCUT2D eigenvalue weighted by molar-refractivity contribution is 7.11. The molecule has 7 heteroatoms. The first-order valence-electron chi connectivity index (χ1n) is 11.2. The zero-order chi connectivity index (χ0) is 25.0. The van der Waals surface area contributed by atoms with Crippen LogP contribution in [-0.4, -0.2) is 15.6 Å². The van der Waals surface area contributed by atoms with Crippen LogP contribution in [0.2, 0.25) is 5.02 Å². The Balaban J connectivity index is 1.89. The van der Waals surface area contributed by atoms with Gasteiger partial charge in [-0.25, -0.2) is 9.98 Å². The predicted octanol–water partition coefficient (Wildman–Crippen LogP) is 5.03. The van der Waals surface area contributed by atoms with Crippen LogP contribution in [0.1, 0.15) is 32.7 Å². The molecule has 0 unspecified atom stereocenters. The number of benzene rings is 3. The Hall–Kier alpha value is -3.48. The molecule has 0 aliphatic carbocycles. The van der Waals surface area contributed by atoms with Crippen molar-refractivity contribution in [2.75, 3.05) is 0 Å². The average Bonchev–Trinajstić information content (AvgIpc) is 3.31. The van der Waals surface area contributed by atoms with E-state index in [4.69, 9.17) is 16.6 Å². The monoisotopic (exact) mass is 501 g/mol. The maximum Gasteiger partial charge on any atom is 0.279 e. The van der Waals surface area contributed by atoms with Gasteiger partial charge in [0, 0.05) is 10.2 Å². The summed E-state index contributed by atoms with van der Waals surface area (Å²) in [6.07, 6.45) is 0. The standard InChI is InChI=1S/C28H24ClN3O2S/c1-14-6-8-16(3)21(12-14)30-28-32(22-13-15(2)7-9-17(22)4)27(34)25(35-28)23-19-10-11-20(29)18(5)24(19)31-26(23)33/h6-13,34H,1-5H3. The summed E-state index contributed by atoms with van der Waals surface area (Å²) in [4.78, 5) is 23.3. The van der Waals surface area contributed by atoms with Crippen LogP contribution < -0.4 is 15.4 Å². The van der Waals surface area contributed by atoms with Crippen molar-refractivity contribution in [3.05, 3.63) is 102 Å². The molecule has 1 aliphatic rings. The lowest BCUT2D eigenvalue weighted by Gasteiger charge is -2.10. The minimum atomic E-state index is -0.395. The molecule has 35 heavy (non-hydrogen) atoms. The number of amides is 1. The van der Waals surface area contributed by atoms with Gasteiger partial charge in [0.2, 0.25) is 5.88 Å². The van der Waals surface area contributed by atoms with Gasteiger partial charge in [-0.15, -0.1) is 0 Å². The van der Waals surface area contributed by atoms with Crippen molar-refractivity contribution in [2.45, 2.75) is 34.6 Å². The molecular weight excluding hydrogens is 478 g/mol. The van der Waals surface area contributed by atoms with E-state index in [0.717, 1.165) is 39.2 Å². The number of rotatable bonds is 3. The number of nitrogens with zero attached hydrogens (tertiary/aromatic N) is 3. The number of aromatic hydroxyl groups is 1. The number of thiazole rings is 1. The number of hydrogen-bond acceptors (Lipinski definition) is 4. The number of aryl methyl sites for hydroxylation is 4. The molecule has 5 rings (SSSR count). The fourth-order valence-electron chi connectivity index (χ4n) is 4.24. The minimum absolute atomic E-state index is 0.0354. The van der Waals surface area contributed by atoms with Gasteiger partial charge in [0.1, 0.15) is 4.88 Å². The van der Waals surface area contributed by atoms with Crippen LogP contribution in [0.4, 0.5) is 5.69 Å².